The molecule has 2 heterocycles. The van der Waals surface area contributed by atoms with Gasteiger partial charge in [-0.25, -0.2) is 0 Å². The van der Waals surface area contributed by atoms with Crippen LogP contribution in [0.5, 0.6) is 11.5 Å². The molecule has 0 amide bonds. The second-order valence-electron chi connectivity index (χ2n) is 10.7. The highest BCUT2D eigenvalue weighted by Crippen LogP contribution is 2.36. The quantitative estimate of drug-likeness (QED) is 0.386. The lowest BCUT2D eigenvalue weighted by Gasteiger charge is -2.32. The molecule has 2 aliphatic rings. The van der Waals surface area contributed by atoms with Crippen LogP contribution in [0, 0.1) is 32.6 Å². The van der Waals surface area contributed by atoms with Crippen molar-refractivity contribution in [2.75, 3.05) is 32.8 Å². The number of nitrogens with zero attached hydrogens (tertiary/aromatic N) is 2. The molecule has 0 spiro atoms. The highest BCUT2D eigenvalue weighted by Gasteiger charge is 2.28. The Morgan fingerprint density at radius 3 is 2.56 bits per heavy atom. The highest BCUT2D eigenvalue weighted by molar-refractivity contribution is 5.49. The number of benzene rings is 2. The van der Waals surface area contributed by atoms with Gasteiger partial charge in [0.2, 0.25) is 0 Å². The average Bonchev–Trinajstić information content (AvgIpc) is 3.17. The van der Waals surface area contributed by atoms with E-state index in [-0.39, 0.29) is 0 Å². The zero-order valence-electron chi connectivity index (χ0n) is 23.8. The standard InChI is InChI=1S/C30H42N2O2.C2H6/c1-21(2)17-32(18-26-15-24(5)30-29(16-26)33-12-7-13-34-30)25(6)27-10-11-31(19-27)20-28-14-22(3)8-9-23(28)4;1-2/h8-9,14-16,21,27H,6-7,10-13,17-20H2,1-5H3;1-2H3/t27-;/m1./s1. The fraction of sp³-hybridized carbons (Fsp3) is 0.562. The Bertz CT molecular complexity index is 1010. The SMILES string of the molecule is C=C([C@@H]1CCN(Cc2cc(C)ccc2C)C1)N(Cc1cc(C)c2c(c1)OCCCO2)CC(C)C.CC. The summed E-state index contributed by atoms with van der Waals surface area (Å²) in [5.74, 6) is 2.88. The van der Waals surface area contributed by atoms with Gasteiger partial charge >= 0.3 is 0 Å². The van der Waals surface area contributed by atoms with Crippen molar-refractivity contribution in [1.29, 1.82) is 0 Å². The van der Waals surface area contributed by atoms with E-state index in [1.165, 1.54) is 34.4 Å². The van der Waals surface area contributed by atoms with Gasteiger partial charge in [0.25, 0.3) is 0 Å². The summed E-state index contributed by atoms with van der Waals surface area (Å²) in [7, 11) is 0. The second kappa shape index (κ2) is 13.2. The first kappa shape index (κ1) is 28.1. The molecule has 36 heavy (non-hydrogen) atoms. The van der Waals surface area contributed by atoms with E-state index in [1.807, 2.05) is 13.8 Å². The molecule has 0 unspecified atom stereocenters. The number of hydrogen-bond donors (Lipinski definition) is 0. The van der Waals surface area contributed by atoms with Crippen LogP contribution in [0.25, 0.3) is 0 Å². The number of hydrogen-bond acceptors (Lipinski definition) is 4. The molecule has 4 rings (SSSR count). The molecule has 0 aromatic heterocycles. The topological polar surface area (TPSA) is 24.9 Å². The number of rotatable bonds is 8. The maximum Gasteiger partial charge on any atom is 0.164 e. The molecule has 0 N–H and O–H groups in total. The van der Waals surface area contributed by atoms with Crippen molar-refractivity contribution in [2.45, 2.75) is 74.4 Å². The fourth-order valence-electron chi connectivity index (χ4n) is 5.27. The lowest BCUT2D eigenvalue weighted by molar-refractivity contribution is 0.256. The fourth-order valence-corrected chi connectivity index (χ4v) is 5.27. The van der Waals surface area contributed by atoms with E-state index in [4.69, 9.17) is 9.47 Å². The van der Waals surface area contributed by atoms with E-state index >= 15 is 0 Å². The molecular formula is C32H48N2O2. The Morgan fingerprint density at radius 2 is 1.81 bits per heavy atom. The largest absolute Gasteiger partial charge is 0.490 e. The first-order chi connectivity index (χ1) is 17.3. The second-order valence-corrected chi connectivity index (χ2v) is 10.7. The Labute approximate surface area is 220 Å². The minimum Gasteiger partial charge on any atom is -0.490 e. The summed E-state index contributed by atoms with van der Waals surface area (Å²) in [4.78, 5) is 5.11. The van der Waals surface area contributed by atoms with Crippen LogP contribution in [0.2, 0.25) is 0 Å². The first-order valence-electron chi connectivity index (χ1n) is 13.9. The highest BCUT2D eigenvalue weighted by atomic mass is 16.5. The third kappa shape index (κ3) is 7.29. The third-order valence-electron chi connectivity index (χ3n) is 7.10. The van der Waals surface area contributed by atoms with Crippen molar-refractivity contribution in [3.8, 4) is 11.5 Å². The van der Waals surface area contributed by atoms with Gasteiger partial charge in [0, 0.05) is 44.2 Å². The molecule has 4 heteroatoms. The summed E-state index contributed by atoms with van der Waals surface area (Å²) in [6, 6.07) is 11.2. The summed E-state index contributed by atoms with van der Waals surface area (Å²) in [6.45, 7) is 26.3. The molecule has 198 valence electrons. The monoisotopic (exact) mass is 492 g/mol. The number of likely N-dealkylation sites (tertiary alicyclic amines) is 1. The Balaban J connectivity index is 0.00000176. The molecule has 0 aliphatic carbocycles. The van der Waals surface area contributed by atoms with Crippen LogP contribution in [-0.2, 0) is 13.1 Å². The van der Waals surface area contributed by atoms with Crippen LogP contribution in [0.4, 0.5) is 0 Å². The molecule has 2 aliphatic heterocycles. The molecule has 4 nitrogen and oxygen atoms in total. The first-order valence-corrected chi connectivity index (χ1v) is 13.9. The van der Waals surface area contributed by atoms with Gasteiger partial charge in [-0.1, -0.05) is 64.1 Å². The Kier molecular flexibility index (Phi) is 10.3. The van der Waals surface area contributed by atoms with Gasteiger partial charge in [-0.05, 0) is 68.0 Å². The summed E-state index contributed by atoms with van der Waals surface area (Å²) >= 11 is 0. The molecular weight excluding hydrogens is 444 g/mol. The zero-order valence-corrected chi connectivity index (χ0v) is 23.8. The Hall–Kier alpha value is -2.46. The van der Waals surface area contributed by atoms with E-state index in [1.54, 1.807) is 0 Å². The van der Waals surface area contributed by atoms with Crippen LogP contribution in [0.3, 0.4) is 0 Å². The number of fused-ring (bicyclic) bond motifs is 1. The van der Waals surface area contributed by atoms with E-state index in [0.29, 0.717) is 11.8 Å². The van der Waals surface area contributed by atoms with Crippen molar-refractivity contribution in [3.63, 3.8) is 0 Å². The molecule has 0 saturated carbocycles. The molecule has 0 bridgehead atoms. The van der Waals surface area contributed by atoms with Crippen molar-refractivity contribution in [2.24, 2.45) is 11.8 Å². The molecule has 1 atom stereocenters. The normalized spacial score (nSPS) is 17.4. The number of aryl methyl sites for hydroxylation is 3. The Morgan fingerprint density at radius 1 is 1.06 bits per heavy atom. The minimum absolute atomic E-state index is 0.505. The van der Waals surface area contributed by atoms with Gasteiger partial charge in [-0.2, -0.15) is 0 Å². The maximum atomic E-state index is 6.01. The van der Waals surface area contributed by atoms with E-state index in [0.717, 1.165) is 69.4 Å². The van der Waals surface area contributed by atoms with E-state index in [2.05, 4.69) is 81.3 Å². The van der Waals surface area contributed by atoms with Gasteiger partial charge in [0.15, 0.2) is 11.5 Å². The van der Waals surface area contributed by atoms with Crippen molar-refractivity contribution < 1.29 is 9.47 Å². The molecule has 2 aromatic rings. The molecule has 2 aromatic carbocycles. The van der Waals surface area contributed by atoms with Crippen LogP contribution in [0.15, 0.2) is 42.6 Å². The lowest BCUT2D eigenvalue weighted by Crippen LogP contribution is -2.31. The van der Waals surface area contributed by atoms with Gasteiger partial charge in [-0.15, -0.1) is 0 Å². The minimum atomic E-state index is 0.505. The van der Waals surface area contributed by atoms with Crippen molar-refractivity contribution in [1.82, 2.24) is 9.80 Å². The van der Waals surface area contributed by atoms with Gasteiger partial charge in [0.1, 0.15) is 0 Å². The maximum absolute atomic E-state index is 6.01. The predicted octanol–water partition coefficient (Wildman–Crippen LogP) is 7.29. The summed E-state index contributed by atoms with van der Waals surface area (Å²) in [5, 5.41) is 0. The summed E-state index contributed by atoms with van der Waals surface area (Å²) in [5.41, 5.74) is 7.89. The zero-order chi connectivity index (χ0) is 26.2. The smallest absolute Gasteiger partial charge is 0.164 e. The molecule has 1 fully saturated rings. The van der Waals surface area contributed by atoms with Crippen LogP contribution in [0.1, 0.15) is 68.4 Å². The van der Waals surface area contributed by atoms with Crippen LogP contribution < -0.4 is 9.47 Å². The predicted molar refractivity (Wildman–Crippen MR) is 152 cm³/mol. The van der Waals surface area contributed by atoms with Crippen molar-refractivity contribution in [3.05, 3.63) is 70.4 Å². The summed E-state index contributed by atoms with van der Waals surface area (Å²) < 4.78 is 12.0. The average molecular weight is 493 g/mol. The summed E-state index contributed by atoms with van der Waals surface area (Å²) in [6.07, 6.45) is 2.11. The van der Waals surface area contributed by atoms with Crippen molar-refractivity contribution >= 4 is 0 Å². The van der Waals surface area contributed by atoms with E-state index < -0.39 is 0 Å². The number of ether oxygens (including phenoxy) is 2. The van der Waals surface area contributed by atoms with Gasteiger partial charge in [-0.3, -0.25) is 4.90 Å². The lowest BCUT2D eigenvalue weighted by atomic mass is 10.0. The van der Waals surface area contributed by atoms with Gasteiger partial charge in [0.05, 0.1) is 13.2 Å². The van der Waals surface area contributed by atoms with Crippen LogP contribution in [-0.4, -0.2) is 42.6 Å². The molecule has 0 radical (unpaired) electrons. The molecule has 1 saturated heterocycles. The van der Waals surface area contributed by atoms with Gasteiger partial charge < -0.3 is 14.4 Å². The van der Waals surface area contributed by atoms with Crippen LogP contribution >= 0.6 is 0 Å². The van der Waals surface area contributed by atoms with E-state index in [9.17, 15) is 0 Å². The third-order valence-corrected chi connectivity index (χ3v) is 7.10.